The Balaban J connectivity index is 2.08. The van der Waals surface area contributed by atoms with Crippen LogP contribution in [0.2, 0.25) is 0 Å². The SMILES string of the molecule is CCCCN1CC(C(O)c2ccc(OC)c(OC)c2)CC1=O. The molecule has 5 heteroatoms. The molecule has 1 heterocycles. The van der Waals surface area contributed by atoms with Gasteiger partial charge in [0.2, 0.25) is 5.91 Å². The van der Waals surface area contributed by atoms with Crippen molar-refractivity contribution >= 4 is 5.91 Å². The molecule has 1 aliphatic rings. The number of carbonyl (C=O) groups excluding carboxylic acids is 1. The maximum atomic E-state index is 12.0. The van der Waals surface area contributed by atoms with E-state index in [4.69, 9.17) is 9.47 Å². The maximum absolute atomic E-state index is 12.0. The average Bonchev–Trinajstić information content (AvgIpc) is 2.92. The first-order valence-electron chi connectivity index (χ1n) is 7.78. The van der Waals surface area contributed by atoms with Crippen LogP contribution in [0.25, 0.3) is 0 Å². The van der Waals surface area contributed by atoms with Gasteiger partial charge in [-0.3, -0.25) is 4.79 Å². The minimum Gasteiger partial charge on any atom is -0.493 e. The van der Waals surface area contributed by atoms with Gasteiger partial charge >= 0.3 is 0 Å². The summed E-state index contributed by atoms with van der Waals surface area (Å²) in [4.78, 5) is 13.9. The van der Waals surface area contributed by atoms with E-state index in [1.165, 1.54) is 0 Å². The third-order valence-electron chi connectivity index (χ3n) is 4.22. The van der Waals surface area contributed by atoms with Gasteiger partial charge in [0.1, 0.15) is 0 Å². The molecular weight excluding hydrogens is 282 g/mol. The Morgan fingerprint density at radius 2 is 2.05 bits per heavy atom. The van der Waals surface area contributed by atoms with Gasteiger partial charge in [-0.25, -0.2) is 0 Å². The van der Waals surface area contributed by atoms with Gasteiger partial charge in [0.05, 0.1) is 20.3 Å². The van der Waals surface area contributed by atoms with Crippen LogP contribution in [0.1, 0.15) is 37.9 Å². The van der Waals surface area contributed by atoms with Crippen molar-refractivity contribution in [2.45, 2.75) is 32.3 Å². The first-order valence-corrected chi connectivity index (χ1v) is 7.78. The molecule has 1 aromatic rings. The zero-order valence-electron chi connectivity index (χ0n) is 13.5. The predicted octanol–water partition coefficient (Wildman–Crippen LogP) is 2.39. The van der Waals surface area contributed by atoms with Crippen molar-refractivity contribution < 1.29 is 19.4 Å². The molecule has 2 atom stereocenters. The average molecular weight is 307 g/mol. The number of likely N-dealkylation sites (tertiary alicyclic amines) is 1. The highest BCUT2D eigenvalue weighted by Gasteiger charge is 2.34. The Kier molecular flexibility index (Phi) is 5.66. The molecule has 0 radical (unpaired) electrons. The van der Waals surface area contributed by atoms with Crippen LogP contribution >= 0.6 is 0 Å². The summed E-state index contributed by atoms with van der Waals surface area (Å²) in [5, 5.41) is 10.6. The summed E-state index contributed by atoms with van der Waals surface area (Å²) < 4.78 is 10.5. The van der Waals surface area contributed by atoms with Gasteiger partial charge in [0.15, 0.2) is 11.5 Å². The van der Waals surface area contributed by atoms with Crippen LogP contribution in [-0.2, 0) is 4.79 Å². The summed E-state index contributed by atoms with van der Waals surface area (Å²) in [5.74, 6) is 1.29. The third kappa shape index (κ3) is 3.53. The molecule has 2 rings (SSSR count). The minimum absolute atomic E-state index is 0.0672. The fraction of sp³-hybridized carbons (Fsp3) is 0.588. The Morgan fingerprint density at radius 3 is 2.68 bits per heavy atom. The molecule has 0 spiro atoms. The lowest BCUT2D eigenvalue weighted by Gasteiger charge is -2.20. The van der Waals surface area contributed by atoms with Gasteiger partial charge in [-0.1, -0.05) is 19.4 Å². The Hall–Kier alpha value is -1.75. The Labute approximate surface area is 131 Å². The van der Waals surface area contributed by atoms with Crippen LogP contribution in [0, 0.1) is 5.92 Å². The monoisotopic (exact) mass is 307 g/mol. The summed E-state index contributed by atoms with van der Waals surface area (Å²) in [6, 6.07) is 5.39. The van der Waals surface area contributed by atoms with Crippen LogP contribution in [0.3, 0.4) is 0 Å². The number of hydrogen-bond donors (Lipinski definition) is 1. The molecule has 1 aromatic carbocycles. The molecule has 0 bridgehead atoms. The van der Waals surface area contributed by atoms with Crippen molar-refractivity contribution in [2.24, 2.45) is 5.92 Å². The predicted molar refractivity (Wildman–Crippen MR) is 84.1 cm³/mol. The second-order valence-corrected chi connectivity index (χ2v) is 5.72. The first-order chi connectivity index (χ1) is 10.6. The van der Waals surface area contributed by atoms with Crippen molar-refractivity contribution in [1.29, 1.82) is 0 Å². The summed E-state index contributed by atoms with van der Waals surface area (Å²) in [7, 11) is 3.15. The van der Waals surface area contributed by atoms with Gasteiger partial charge in [-0.05, 0) is 24.1 Å². The Bertz CT molecular complexity index is 517. The van der Waals surface area contributed by atoms with Gasteiger partial charge in [0, 0.05) is 25.4 Å². The van der Waals surface area contributed by atoms with Gasteiger partial charge in [0.25, 0.3) is 0 Å². The van der Waals surface area contributed by atoms with Gasteiger partial charge in [-0.2, -0.15) is 0 Å². The van der Waals surface area contributed by atoms with Crippen LogP contribution in [0.15, 0.2) is 18.2 Å². The molecule has 1 aliphatic heterocycles. The van der Waals surface area contributed by atoms with E-state index in [1.54, 1.807) is 26.4 Å². The molecule has 1 N–H and O–H groups in total. The lowest BCUT2D eigenvalue weighted by atomic mass is 9.94. The van der Waals surface area contributed by atoms with E-state index >= 15 is 0 Å². The molecule has 1 fully saturated rings. The number of amides is 1. The molecule has 0 aromatic heterocycles. The third-order valence-corrected chi connectivity index (χ3v) is 4.22. The van der Waals surface area contributed by atoms with Crippen molar-refractivity contribution in [1.82, 2.24) is 4.90 Å². The van der Waals surface area contributed by atoms with Crippen molar-refractivity contribution in [3.05, 3.63) is 23.8 Å². The lowest BCUT2D eigenvalue weighted by Crippen LogP contribution is -2.27. The van der Waals surface area contributed by atoms with E-state index in [0.717, 1.165) is 24.9 Å². The lowest BCUT2D eigenvalue weighted by molar-refractivity contribution is -0.127. The summed E-state index contributed by atoms with van der Waals surface area (Å²) >= 11 is 0. The zero-order chi connectivity index (χ0) is 16.1. The number of nitrogens with zero attached hydrogens (tertiary/aromatic N) is 1. The van der Waals surface area contributed by atoms with Crippen molar-refractivity contribution in [3.8, 4) is 11.5 Å². The number of aliphatic hydroxyl groups excluding tert-OH is 1. The normalized spacial score (nSPS) is 19.4. The molecule has 22 heavy (non-hydrogen) atoms. The number of carbonyl (C=O) groups is 1. The van der Waals surface area contributed by atoms with Crippen LogP contribution in [0.5, 0.6) is 11.5 Å². The van der Waals surface area contributed by atoms with Crippen molar-refractivity contribution in [3.63, 3.8) is 0 Å². The summed E-state index contributed by atoms with van der Waals surface area (Å²) in [5.41, 5.74) is 0.757. The number of hydrogen-bond acceptors (Lipinski definition) is 4. The summed E-state index contributed by atoms with van der Waals surface area (Å²) in [6.45, 7) is 3.51. The molecule has 1 amide bonds. The molecule has 0 aliphatic carbocycles. The molecule has 1 saturated heterocycles. The molecule has 5 nitrogen and oxygen atoms in total. The van der Waals surface area contributed by atoms with E-state index in [-0.39, 0.29) is 11.8 Å². The fourth-order valence-corrected chi connectivity index (χ4v) is 2.89. The highest BCUT2D eigenvalue weighted by molar-refractivity contribution is 5.78. The number of rotatable bonds is 7. The maximum Gasteiger partial charge on any atom is 0.223 e. The number of benzene rings is 1. The van der Waals surface area contributed by atoms with E-state index < -0.39 is 6.10 Å². The van der Waals surface area contributed by atoms with Crippen LogP contribution in [0.4, 0.5) is 0 Å². The van der Waals surface area contributed by atoms with Gasteiger partial charge < -0.3 is 19.5 Å². The molecule has 0 saturated carbocycles. The van der Waals surface area contributed by atoms with E-state index in [2.05, 4.69) is 6.92 Å². The minimum atomic E-state index is -0.671. The second-order valence-electron chi connectivity index (χ2n) is 5.72. The van der Waals surface area contributed by atoms with E-state index in [9.17, 15) is 9.90 Å². The Morgan fingerprint density at radius 1 is 1.32 bits per heavy atom. The fourth-order valence-electron chi connectivity index (χ4n) is 2.89. The number of unbranched alkanes of at least 4 members (excludes halogenated alkanes) is 1. The van der Waals surface area contributed by atoms with Crippen LogP contribution < -0.4 is 9.47 Å². The highest BCUT2D eigenvalue weighted by Crippen LogP contribution is 2.35. The van der Waals surface area contributed by atoms with Crippen molar-refractivity contribution in [2.75, 3.05) is 27.3 Å². The standard InChI is InChI=1S/C17H25NO4/c1-4-5-8-18-11-13(10-16(18)19)17(20)12-6-7-14(21-2)15(9-12)22-3/h6-7,9,13,17,20H,4-5,8,10-11H2,1-3H3. The zero-order valence-corrected chi connectivity index (χ0v) is 13.5. The number of ether oxygens (including phenoxy) is 2. The highest BCUT2D eigenvalue weighted by atomic mass is 16.5. The quantitative estimate of drug-likeness (QED) is 0.840. The number of methoxy groups -OCH3 is 2. The largest absolute Gasteiger partial charge is 0.493 e. The second kappa shape index (κ2) is 7.49. The summed E-state index contributed by atoms with van der Waals surface area (Å²) in [6.07, 6.45) is 1.80. The van der Waals surface area contributed by atoms with Crippen LogP contribution in [-0.4, -0.2) is 43.2 Å². The van der Waals surface area contributed by atoms with E-state index in [0.29, 0.717) is 24.5 Å². The molecule has 2 unspecified atom stereocenters. The van der Waals surface area contributed by atoms with E-state index in [1.807, 2.05) is 11.0 Å². The smallest absolute Gasteiger partial charge is 0.223 e. The topological polar surface area (TPSA) is 59.0 Å². The van der Waals surface area contributed by atoms with Gasteiger partial charge in [-0.15, -0.1) is 0 Å². The first kappa shape index (κ1) is 16.6. The molecule has 122 valence electrons. The number of aliphatic hydroxyl groups is 1. The molecular formula is C17H25NO4.